The summed E-state index contributed by atoms with van der Waals surface area (Å²) in [5.74, 6) is 0.303. The van der Waals surface area contributed by atoms with E-state index in [1.165, 1.54) is 0 Å². The predicted molar refractivity (Wildman–Crippen MR) is 88.8 cm³/mol. The summed E-state index contributed by atoms with van der Waals surface area (Å²) in [7, 11) is 1.81. The Balaban J connectivity index is 2.15. The Morgan fingerprint density at radius 3 is 2.50 bits per heavy atom. The zero-order chi connectivity index (χ0) is 16.5. The van der Waals surface area contributed by atoms with Crippen LogP contribution in [0.1, 0.15) is 51.7 Å². The van der Waals surface area contributed by atoms with Crippen LogP contribution in [0, 0.1) is 5.92 Å². The SMILES string of the molecule is CCC(CC)C(=O)NCc1ccc2c(c1)C(C)(C)C(=O)N2C. The van der Waals surface area contributed by atoms with Gasteiger partial charge in [0.25, 0.3) is 0 Å². The molecule has 1 aromatic carbocycles. The second kappa shape index (κ2) is 6.11. The van der Waals surface area contributed by atoms with Gasteiger partial charge < -0.3 is 10.2 Å². The number of benzene rings is 1. The van der Waals surface area contributed by atoms with Crippen LogP contribution in [0.4, 0.5) is 5.69 Å². The van der Waals surface area contributed by atoms with Crippen molar-refractivity contribution in [1.82, 2.24) is 5.32 Å². The van der Waals surface area contributed by atoms with Gasteiger partial charge in [-0.1, -0.05) is 26.0 Å². The molecule has 0 aromatic heterocycles. The molecule has 1 aromatic rings. The fourth-order valence-corrected chi connectivity index (χ4v) is 3.12. The number of rotatable bonds is 5. The van der Waals surface area contributed by atoms with Gasteiger partial charge in [0.15, 0.2) is 0 Å². The van der Waals surface area contributed by atoms with Crippen LogP contribution >= 0.6 is 0 Å². The van der Waals surface area contributed by atoms with E-state index in [2.05, 4.69) is 5.32 Å². The molecular formula is C18H26N2O2. The highest BCUT2D eigenvalue weighted by Crippen LogP contribution is 2.40. The Morgan fingerprint density at radius 1 is 1.27 bits per heavy atom. The van der Waals surface area contributed by atoms with Crippen molar-refractivity contribution in [3.8, 4) is 0 Å². The average Bonchev–Trinajstić information content (AvgIpc) is 2.67. The zero-order valence-corrected chi connectivity index (χ0v) is 14.2. The Morgan fingerprint density at radius 2 is 1.91 bits per heavy atom. The van der Waals surface area contributed by atoms with E-state index in [9.17, 15) is 9.59 Å². The summed E-state index contributed by atoms with van der Waals surface area (Å²) in [6.45, 7) is 8.48. The van der Waals surface area contributed by atoms with Crippen LogP contribution in [0.3, 0.4) is 0 Å². The zero-order valence-electron chi connectivity index (χ0n) is 14.2. The number of nitrogens with one attached hydrogen (secondary N) is 1. The third-order valence-corrected chi connectivity index (χ3v) is 4.76. The smallest absolute Gasteiger partial charge is 0.236 e. The molecule has 0 atom stereocenters. The molecule has 0 unspecified atom stereocenters. The van der Waals surface area contributed by atoms with Crippen LogP contribution in [-0.4, -0.2) is 18.9 Å². The number of likely N-dealkylation sites (N-methyl/N-ethyl adjacent to an activating group) is 1. The highest BCUT2D eigenvalue weighted by molar-refractivity contribution is 6.07. The largest absolute Gasteiger partial charge is 0.352 e. The molecule has 0 aliphatic carbocycles. The van der Waals surface area contributed by atoms with Gasteiger partial charge in [0, 0.05) is 25.2 Å². The minimum Gasteiger partial charge on any atom is -0.352 e. The van der Waals surface area contributed by atoms with E-state index in [-0.39, 0.29) is 17.7 Å². The van der Waals surface area contributed by atoms with Gasteiger partial charge in [-0.25, -0.2) is 0 Å². The molecule has 0 saturated heterocycles. The second-order valence-electron chi connectivity index (χ2n) is 6.57. The fourth-order valence-electron chi connectivity index (χ4n) is 3.12. The lowest BCUT2D eigenvalue weighted by Crippen LogP contribution is -2.33. The predicted octanol–water partition coefficient (Wildman–Crippen LogP) is 2.99. The second-order valence-corrected chi connectivity index (χ2v) is 6.57. The monoisotopic (exact) mass is 302 g/mol. The van der Waals surface area contributed by atoms with E-state index in [1.54, 1.807) is 4.90 Å². The highest BCUT2D eigenvalue weighted by atomic mass is 16.2. The number of fused-ring (bicyclic) bond motifs is 1. The van der Waals surface area contributed by atoms with Crippen molar-refractivity contribution in [3.05, 3.63) is 29.3 Å². The van der Waals surface area contributed by atoms with Crippen molar-refractivity contribution < 1.29 is 9.59 Å². The minimum atomic E-state index is -0.501. The summed E-state index contributed by atoms with van der Waals surface area (Å²) in [5, 5.41) is 3.00. The van der Waals surface area contributed by atoms with Crippen molar-refractivity contribution in [2.45, 2.75) is 52.5 Å². The van der Waals surface area contributed by atoms with E-state index in [1.807, 2.05) is 52.9 Å². The van der Waals surface area contributed by atoms with Gasteiger partial charge in [-0.3, -0.25) is 9.59 Å². The maximum absolute atomic E-state index is 12.3. The molecule has 4 nitrogen and oxygen atoms in total. The Kier molecular flexibility index (Phi) is 4.59. The van der Waals surface area contributed by atoms with Crippen molar-refractivity contribution >= 4 is 17.5 Å². The molecule has 120 valence electrons. The first-order valence-electron chi connectivity index (χ1n) is 8.02. The normalized spacial score (nSPS) is 16.1. The molecule has 2 rings (SSSR count). The molecule has 1 aliphatic rings. The molecule has 22 heavy (non-hydrogen) atoms. The molecule has 0 spiro atoms. The molecule has 2 amide bonds. The lowest BCUT2D eigenvalue weighted by molar-refractivity contribution is -0.125. The van der Waals surface area contributed by atoms with Crippen molar-refractivity contribution in [1.29, 1.82) is 0 Å². The quantitative estimate of drug-likeness (QED) is 0.909. The van der Waals surface area contributed by atoms with Crippen LogP contribution in [0.15, 0.2) is 18.2 Å². The maximum atomic E-state index is 12.3. The number of nitrogens with zero attached hydrogens (tertiary/aromatic N) is 1. The van der Waals surface area contributed by atoms with Gasteiger partial charge in [0.2, 0.25) is 11.8 Å². The number of hydrogen-bond donors (Lipinski definition) is 1. The molecule has 1 N–H and O–H groups in total. The number of anilines is 1. The van der Waals surface area contributed by atoms with E-state index in [0.717, 1.165) is 29.7 Å². The summed E-state index contributed by atoms with van der Waals surface area (Å²) >= 11 is 0. The summed E-state index contributed by atoms with van der Waals surface area (Å²) in [6, 6.07) is 6.00. The molecule has 0 saturated carbocycles. The van der Waals surface area contributed by atoms with Crippen molar-refractivity contribution in [2.75, 3.05) is 11.9 Å². The van der Waals surface area contributed by atoms with Crippen LogP contribution in [0.2, 0.25) is 0 Å². The highest BCUT2D eigenvalue weighted by Gasteiger charge is 2.42. The van der Waals surface area contributed by atoms with Gasteiger partial charge >= 0.3 is 0 Å². The molecule has 1 aliphatic heterocycles. The first-order chi connectivity index (χ1) is 10.3. The topological polar surface area (TPSA) is 49.4 Å². The third kappa shape index (κ3) is 2.74. The van der Waals surface area contributed by atoms with Crippen molar-refractivity contribution in [3.63, 3.8) is 0 Å². The molecule has 0 radical (unpaired) electrons. The number of hydrogen-bond acceptors (Lipinski definition) is 2. The molecule has 0 fully saturated rings. The number of carbonyl (C=O) groups is 2. The van der Waals surface area contributed by atoms with Gasteiger partial charge in [0.1, 0.15) is 0 Å². The van der Waals surface area contributed by atoms with E-state index in [4.69, 9.17) is 0 Å². The Labute approximate surface area is 132 Å². The summed E-state index contributed by atoms with van der Waals surface area (Å²) in [6.07, 6.45) is 1.72. The minimum absolute atomic E-state index is 0.0820. The summed E-state index contributed by atoms with van der Waals surface area (Å²) in [4.78, 5) is 26.1. The Bertz CT molecular complexity index is 589. The standard InChI is InChI=1S/C18H26N2O2/c1-6-13(7-2)16(21)19-11-12-8-9-15-14(10-12)18(3,4)17(22)20(15)5/h8-10,13H,6-7,11H2,1-5H3,(H,19,21). The van der Waals surface area contributed by atoms with Gasteiger partial charge in [-0.2, -0.15) is 0 Å². The first kappa shape index (κ1) is 16.5. The molecular weight excluding hydrogens is 276 g/mol. The van der Waals surface area contributed by atoms with E-state index < -0.39 is 5.41 Å². The maximum Gasteiger partial charge on any atom is 0.236 e. The molecule has 0 bridgehead atoms. The number of carbonyl (C=O) groups excluding carboxylic acids is 2. The molecule has 4 heteroatoms. The third-order valence-electron chi connectivity index (χ3n) is 4.76. The summed E-state index contributed by atoms with van der Waals surface area (Å²) in [5.41, 5.74) is 2.54. The van der Waals surface area contributed by atoms with Gasteiger partial charge in [-0.05, 0) is 43.9 Å². The summed E-state index contributed by atoms with van der Waals surface area (Å²) < 4.78 is 0. The van der Waals surface area contributed by atoms with Crippen LogP contribution < -0.4 is 10.2 Å². The average molecular weight is 302 g/mol. The van der Waals surface area contributed by atoms with Crippen LogP contribution in [0.25, 0.3) is 0 Å². The van der Waals surface area contributed by atoms with Gasteiger partial charge in [0.05, 0.1) is 5.41 Å². The van der Waals surface area contributed by atoms with Crippen LogP contribution in [-0.2, 0) is 21.5 Å². The lowest BCUT2D eigenvalue weighted by atomic mass is 9.85. The Hall–Kier alpha value is -1.84. The fraction of sp³-hybridized carbons (Fsp3) is 0.556. The lowest BCUT2D eigenvalue weighted by Gasteiger charge is -2.17. The van der Waals surface area contributed by atoms with Crippen LogP contribution in [0.5, 0.6) is 0 Å². The van der Waals surface area contributed by atoms with Crippen molar-refractivity contribution in [2.24, 2.45) is 5.92 Å². The van der Waals surface area contributed by atoms with Gasteiger partial charge in [-0.15, -0.1) is 0 Å². The number of amides is 2. The van der Waals surface area contributed by atoms with E-state index >= 15 is 0 Å². The molecule has 1 heterocycles. The first-order valence-corrected chi connectivity index (χ1v) is 8.02. The van der Waals surface area contributed by atoms with E-state index in [0.29, 0.717) is 6.54 Å².